The molecule has 3 aromatic carbocycles. The first kappa shape index (κ1) is 21.2. The lowest BCUT2D eigenvalue weighted by molar-refractivity contribution is -0.123. The Kier molecular flexibility index (Phi) is 6.56. The largest absolute Gasteiger partial charge is 0.358 e. The van der Waals surface area contributed by atoms with Gasteiger partial charge in [0.25, 0.3) is 0 Å². The molecule has 5 nitrogen and oxygen atoms in total. The third-order valence-corrected chi connectivity index (χ3v) is 5.54. The van der Waals surface area contributed by atoms with E-state index in [0.29, 0.717) is 5.69 Å². The summed E-state index contributed by atoms with van der Waals surface area (Å²) < 4.78 is 0. The van der Waals surface area contributed by atoms with E-state index in [1.54, 1.807) is 18.6 Å². The van der Waals surface area contributed by atoms with E-state index < -0.39 is 6.04 Å². The summed E-state index contributed by atoms with van der Waals surface area (Å²) in [5.74, 6) is -0.128. The van der Waals surface area contributed by atoms with Crippen molar-refractivity contribution in [3.05, 3.63) is 115 Å². The van der Waals surface area contributed by atoms with Crippen LogP contribution < -0.4 is 10.2 Å². The van der Waals surface area contributed by atoms with Gasteiger partial charge in [0.2, 0.25) is 5.91 Å². The summed E-state index contributed by atoms with van der Waals surface area (Å²) in [5, 5.41) is 3.13. The number of hydrogen-bond acceptors (Lipinski definition) is 4. The summed E-state index contributed by atoms with van der Waals surface area (Å²) in [6.45, 7) is 1.98. The number of nitrogens with one attached hydrogen (secondary N) is 1. The zero-order valence-electron chi connectivity index (χ0n) is 18.2. The maximum absolute atomic E-state index is 13.4. The van der Waals surface area contributed by atoms with Crippen LogP contribution >= 0.6 is 0 Å². The highest BCUT2D eigenvalue weighted by Crippen LogP contribution is 2.28. The smallest absolute Gasteiger partial charge is 0.249 e. The number of anilines is 1. The van der Waals surface area contributed by atoms with Gasteiger partial charge < -0.3 is 10.2 Å². The lowest BCUT2D eigenvalue weighted by Crippen LogP contribution is -2.40. The number of rotatable bonds is 7. The van der Waals surface area contributed by atoms with Crippen molar-refractivity contribution >= 4 is 11.6 Å². The van der Waals surface area contributed by atoms with Gasteiger partial charge in [-0.3, -0.25) is 14.8 Å². The van der Waals surface area contributed by atoms with Crippen LogP contribution in [0.4, 0.5) is 5.69 Å². The average Bonchev–Trinajstić information content (AvgIpc) is 2.86. The van der Waals surface area contributed by atoms with Crippen LogP contribution in [0.25, 0.3) is 11.1 Å². The van der Waals surface area contributed by atoms with Crippen molar-refractivity contribution in [3.63, 3.8) is 0 Å². The Morgan fingerprint density at radius 2 is 1.47 bits per heavy atom. The van der Waals surface area contributed by atoms with Crippen LogP contribution in [-0.2, 0) is 4.79 Å². The second-order valence-electron chi connectivity index (χ2n) is 7.70. The molecule has 32 heavy (non-hydrogen) atoms. The summed E-state index contributed by atoms with van der Waals surface area (Å²) >= 11 is 0. The van der Waals surface area contributed by atoms with Crippen LogP contribution in [0.2, 0.25) is 0 Å². The zero-order chi connectivity index (χ0) is 22.3. The fraction of sp³-hybridized carbons (Fsp3) is 0.148. The molecule has 1 heterocycles. The van der Waals surface area contributed by atoms with Gasteiger partial charge in [-0.05, 0) is 35.7 Å². The first-order chi connectivity index (χ1) is 15.6. The maximum Gasteiger partial charge on any atom is 0.249 e. The van der Waals surface area contributed by atoms with Crippen LogP contribution in [0.15, 0.2) is 104 Å². The summed E-state index contributed by atoms with van der Waals surface area (Å²) in [6, 6.07) is 27.6. The van der Waals surface area contributed by atoms with E-state index in [9.17, 15) is 4.79 Å². The van der Waals surface area contributed by atoms with Gasteiger partial charge in [-0.15, -0.1) is 0 Å². The molecule has 0 aliphatic rings. The maximum atomic E-state index is 13.4. The number of hydrogen-bond donors (Lipinski definition) is 1. The molecule has 4 rings (SSSR count). The van der Waals surface area contributed by atoms with E-state index in [2.05, 4.69) is 39.6 Å². The lowest BCUT2D eigenvalue weighted by atomic mass is 10.0. The Bertz CT molecular complexity index is 1130. The first-order valence-corrected chi connectivity index (χ1v) is 10.6. The van der Waals surface area contributed by atoms with Gasteiger partial charge in [0.05, 0.1) is 17.9 Å². The van der Waals surface area contributed by atoms with E-state index in [1.165, 1.54) is 0 Å². The van der Waals surface area contributed by atoms with Gasteiger partial charge in [-0.25, -0.2) is 0 Å². The second kappa shape index (κ2) is 9.88. The van der Waals surface area contributed by atoms with E-state index >= 15 is 0 Å². The highest BCUT2D eigenvalue weighted by atomic mass is 16.2. The SMILES string of the molecule is C[C@H](NC(=O)C(c1cnccn1)N(C)c1ccc(-c2ccccc2)cc1)c1ccccc1. The summed E-state index contributed by atoms with van der Waals surface area (Å²) in [6.07, 6.45) is 4.87. The Balaban J connectivity index is 1.59. The summed E-state index contributed by atoms with van der Waals surface area (Å²) in [5.41, 5.74) is 4.85. The third-order valence-electron chi connectivity index (χ3n) is 5.54. The normalized spacial score (nSPS) is 12.6. The molecule has 160 valence electrons. The fourth-order valence-electron chi connectivity index (χ4n) is 3.75. The van der Waals surface area contributed by atoms with Crippen molar-refractivity contribution < 1.29 is 4.79 Å². The van der Waals surface area contributed by atoms with Gasteiger partial charge in [-0.2, -0.15) is 0 Å². The van der Waals surface area contributed by atoms with Gasteiger partial charge >= 0.3 is 0 Å². The number of carbonyl (C=O) groups is 1. The van der Waals surface area contributed by atoms with Crippen molar-refractivity contribution in [3.8, 4) is 11.1 Å². The number of carbonyl (C=O) groups excluding carboxylic acids is 1. The van der Waals surface area contributed by atoms with Gasteiger partial charge in [-0.1, -0.05) is 72.8 Å². The first-order valence-electron chi connectivity index (χ1n) is 10.6. The standard InChI is InChI=1S/C27H26N4O/c1-20(21-9-5-3-6-10-21)30-27(32)26(25-19-28-17-18-29-25)31(2)24-15-13-23(14-16-24)22-11-7-4-8-12-22/h3-20,26H,1-2H3,(H,30,32)/t20-,26?/m0/s1. The highest BCUT2D eigenvalue weighted by Gasteiger charge is 2.28. The van der Waals surface area contributed by atoms with Gasteiger partial charge in [0.15, 0.2) is 6.04 Å². The fourth-order valence-corrected chi connectivity index (χ4v) is 3.75. The Labute approximate surface area is 188 Å². The molecule has 0 spiro atoms. The molecule has 0 radical (unpaired) electrons. The van der Waals surface area contributed by atoms with Crippen molar-refractivity contribution in [1.29, 1.82) is 0 Å². The number of benzene rings is 3. The van der Waals surface area contributed by atoms with Crippen LogP contribution in [0.5, 0.6) is 0 Å². The molecule has 0 aliphatic carbocycles. The second-order valence-corrected chi connectivity index (χ2v) is 7.70. The van der Waals surface area contributed by atoms with Gasteiger partial charge in [0.1, 0.15) is 0 Å². The van der Waals surface area contributed by atoms with E-state index in [4.69, 9.17) is 0 Å². The minimum absolute atomic E-state index is 0.128. The Morgan fingerprint density at radius 1 is 0.844 bits per heavy atom. The number of likely N-dealkylation sites (N-methyl/N-ethyl adjacent to an activating group) is 1. The van der Waals surface area contributed by atoms with Crippen LogP contribution in [0.3, 0.4) is 0 Å². The highest BCUT2D eigenvalue weighted by molar-refractivity contribution is 5.86. The summed E-state index contributed by atoms with van der Waals surface area (Å²) in [4.78, 5) is 24.0. The van der Waals surface area contributed by atoms with Crippen molar-refractivity contribution in [2.24, 2.45) is 0 Å². The van der Waals surface area contributed by atoms with Crippen molar-refractivity contribution in [2.75, 3.05) is 11.9 Å². The number of amides is 1. The molecule has 1 amide bonds. The zero-order valence-corrected chi connectivity index (χ0v) is 18.2. The predicted octanol–water partition coefficient (Wildman–Crippen LogP) is 5.20. The molecule has 2 atom stereocenters. The lowest BCUT2D eigenvalue weighted by Gasteiger charge is -2.30. The molecule has 0 bridgehead atoms. The Morgan fingerprint density at radius 3 is 2.09 bits per heavy atom. The van der Waals surface area contributed by atoms with E-state index in [-0.39, 0.29) is 11.9 Å². The molecule has 1 unspecified atom stereocenters. The molecule has 4 aromatic rings. The monoisotopic (exact) mass is 422 g/mol. The topological polar surface area (TPSA) is 58.1 Å². The predicted molar refractivity (Wildman–Crippen MR) is 128 cm³/mol. The molecule has 1 aromatic heterocycles. The minimum Gasteiger partial charge on any atom is -0.358 e. The molecule has 0 aliphatic heterocycles. The van der Waals surface area contributed by atoms with Crippen LogP contribution in [-0.4, -0.2) is 22.9 Å². The van der Waals surface area contributed by atoms with Crippen LogP contribution in [0, 0.1) is 0 Å². The molecular weight excluding hydrogens is 396 g/mol. The third kappa shape index (κ3) is 4.83. The molecule has 5 heteroatoms. The number of aromatic nitrogens is 2. The minimum atomic E-state index is -0.613. The molecule has 0 saturated heterocycles. The molecule has 1 N–H and O–H groups in total. The van der Waals surface area contributed by atoms with Crippen LogP contribution in [0.1, 0.15) is 30.3 Å². The van der Waals surface area contributed by atoms with E-state index in [0.717, 1.165) is 22.4 Å². The van der Waals surface area contributed by atoms with Crippen molar-refractivity contribution in [2.45, 2.75) is 19.0 Å². The molecular formula is C27H26N4O. The summed E-state index contributed by atoms with van der Waals surface area (Å²) in [7, 11) is 1.91. The Hall–Kier alpha value is -3.99. The average molecular weight is 423 g/mol. The molecule has 0 saturated carbocycles. The quantitative estimate of drug-likeness (QED) is 0.445. The van der Waals surface area contributed by atoms with E-state index in [1.807, 2.05) is 79.5 Å². The number of nitrogens with zero attached hydrogens (tertiary/aromatic N) is 3. The molecule has 0 fully saturated rings. The van der Waals surface area contributed by atoms with Crippen molar-refractivity contribution in [1.82, 2.24) is 15.3 Å². The van der Waals surface area contributed by atoms with Gasteiger partial charge in [0, 0.05) is 25.1 Å².